The molecule has 14 heavy (non-hydrogen) atoms. The molecule has 2 aliphatic rings. The first-order chi connectivity index (χ1) is 6.47. The van der Waals surface area contributed by atoms with Gasteiger partial charge < -0.3 is 10.1 Å². The van der Waals surface area contributed by atoms with Gasteiger partial charge in [0, 0.05) is 0 Å². The van der Waals surface area contributed by atoms with E-state index in [4.69, 9.17) is 4.74 Å². The number of nitrogens with one attached hydrogen (secondary N) is 1. The number of ether oxygens (including phenoxy) is 1. The maximum Gasteiger partial charge on any atom is 0.336 e. The topological polar surface area (TPSA) is 55.4 Å². The Hall–Kier alpha value is -1.06. The SMILES string of the molecule is CC(C)C[C@]12NC(=O)[C@@H](C)[C@H]1OC2=O. The standard InChI is InChI=1S/C10H15NO3/c1-5(2)4-10-7(14-9(10)13)6(3)8(12)11-10/h5-7H,4H2,1-3H3,(H,11,12)/t6-,7+,10-/m0/s1. The highest BCUT2D eigenvalue weighted by Gasteiger charge is 2.66. The van der Waals surface area contributed by atoms with Crippen molar-refractivity contribution in [3.63, 3.8) is 0 Å². The highest BCUT2D eigenvalue weighted by molar-refractivity contribution is 5.99. The first-order valence-corrected chi connectivity index (χ1v) is 5.00. The number of rotatable bonds is 2. The molecule has 0 aromatic rings. The van der Waals surface area contributed by atoms with E-state index < -0.39 is 5.54 Å². The summed E-state index contributed by atoms with van der Waals surface area (Å²) in [6, 6.07) is 0. The summed E-state index contributed by atoms with van der Waals surface area (Å²) in [6.45, 7) is 5.87. The van der Waals surface area contributed by atoms with E-state index >= 15 is 0 Å². The molecule has 3 atom stereocenters. The van der Waals surface area contributed by atoms with Crippen molar-refractivity contribution < 1.29 is 14.3 Å². The van der Waals surface area contributed by atoms with Gasteiger partial charge in [-0.15, -0.1) is 0 Å². The third-order valence-electron chi connectivity index (χ3n) is 3.03. The van der Waals surface area contributed by atoms with E-state index in [-0.39, 0.29) is 23.9 Å². The largest absolute Gasteiger partial charge is 0.457 e. The highest BCUT2D eigenvalue weighted by atomic mass is 16.6. The van der Waals surface area contributed by atoms with Crippen molar-refractivity contribution in [1.82, 2.24) is 5.32 Å². The van der Waals surface area contributed by atoms with E-state index in [1.165, 1.54) is 0 Å². The van der Waals surface area contributed by atoms with Crippen LogP contribution in [-0.4, -0.2) is 23.5 Å². The molecule has 0 aromatic heterocycles. The fourth-order valence-corrected chi connectivity index (χ4v) is 2.40. The van der Waals surface area contributed by atoms with Gasteiger partial charge in [-0.2, -0.15) is 0 Å². The van der Waals surface area contributed by atoms with Crippen molar-refractivity contribution in [2.45, 2.75) is 38.8 Å². The summed E-state index contributed by atoms with van der Waals surface area (Å²) in [5.74, 6) is -0.169. The second-order valence-electron chi connectivity index (χ2n) is 4.67. The maximum absolute atomic E-state index is 11.4. The minimum Gasteiger partial charge on any atom is -0.457 e. The Kier molecular flexibility index (Phi) is 1.84. The number of carbonyl (C=O) groups is 2. The third kappa shape index (κ3) is 0.996. The van der Waals surface area contributed by atoms with Crippen LogP contribution in [0.15, 0.2) is 0 Å². The molecule has 4 nitrogen and oxygen atoms in total. The molecule has 1 N–H and O–H groups in total. The zero-order chi connectivity index (χ0) is 10.5. The normalized spacial score (nSPS) is 40.3. The van der Waals surface area contributed by atoms with Gasteiger partial charge in [0.05, 0.1) is 5.92 Å². The third-order valence-corrected chi connectivity index (χ3v) is 3.03. The van der Waals surface area contributed by atoms with Gasteiger partial charge >= 0.3 is 5.97 Å². The Labute approximate surface area is 83.0 Å². The van der Waals surface area contributed by atoms with Gasteiger partial charge in [-0.25, -0.2) is 4.79 Å². The fraction of sp³-hybridized carbons (Fsp3) is 0.800. The fourth-order valence-electron chi connectivity index (χ4n) is 2.40. The van der Waals surface area contributed by atoms with Gasteiger partial charge in [0.2, 0.25) is 5.91 Å². The average Bonchev–Trinajstić information content (AvgIpc) is 2.26. The predicted octanol–water partition coefficient (Wildman–Crippen LogP) is 0.463. The number of esters is 1. The monoisotopic (exact) mass is 197 g/mol. The zero-order valence-corrected chi connectivity index (χ0v) is 8.66. The van der Waals surface area contributed by atoms with Crippen LogP contribution in [0.2, 0.25) is 0 Å². The number of hydrogen-bond donors (Lipinski definition) is 1. The van der Waals surface area contributed by atoms with Gasteiger partial charge in [0.1, 0.15) is 6.10 Å². The van der Waals surface area contributed by atoms with Crippen LogP contribution in [0.3, 0.4) is 0 Å². The Bertz CT molecular complexity index is 300. The summed E-state index contributed by atoms with van der Waals surface area (Å²) in [5, 5.41) is 2.78. The smallest absolute Gasteiger partial charge is 0.336 e. The molecule has 0 bridgehead atoms. The summed E-state index contributed by atoms with van der Waals surface area (Å²) in [6.07, 6.45) is 0.428. The molecule has 4 heteroatoms. The summed E-state index contributed by atoms with van der Waals surface area (Å²) in [5.41, 5.74) is -0.704. The van der Waals surface area contributed by atoms with E-state index in [0.717, 1.165) is 0 Å². The Balaban J connectivity index is 2.24. The molecule has 78 valence electrons. The number of hydrogen-bond acceptors (Lipinski definition) is 3. The molecule has 0 unspecified atom stereocenters. The molecular weight excluding hydrogens is 182 g/mol. The molecule has 2 rings (SSSR count). The van der Waals surface area contributed by atoms with Gasteiger partial charge in [-0.1, -0.05) is 13.8 Å². The van der Waals surface area contributed by atoms with Crippen LogP contribution in [0.25, 0.3) is 0 Å². The molecular formula is C10H15NO3. The second-order valence-corrected chi connectivity index (χ2v) is 4.67. The summed E-state index contributed by atoms with van der Waals surface area (Å²) in [4.78, 5) is 22.8. The lowest BCUT2D eigenvalue weighted by Gasteiger charge is -2.43. The van der Waals surface area contributed by atoms with Crippen molar-refractivity contribution in [2.75, 3.05) is 0 Å². The minimum atomic E-state index is -0.704. The first-order valence-electron chi connectivity index (χ1n) is 5.00. The van der Waals surface area contributed by atoms with E-state index in [0.29, 0.717) is 12.3 Å². The lowest BCUT2D eigenvalue weighted by Crippen LogP contribution is -2.67. The highest BCUT2D eigenvalue weighted by Crippen LogP contribution is 2.42. The van der Waals surface area contributed by atoms with E-state index in [1.807, 2.05) is 13.8 Å². The summed E-state index contributed by atoms with van der Waals surface area (Å²) >= 11 is 0. The van der Waals surface area contributed by atoms with Crippen LogP contribution in [0.1, 0.15) is 27.2 Å². The van der Waals surface area contributed by atoms with Crippen LogP contribution in [0.4, 0.5) is 0 Å². The van der Waals surface area contributed by atoms with Gasteiger partial charge in [0.25, 0.3) is 0 Å². The van der Waals surface area contributed by atoms with E-state index in [1.54, 1.807) is 6.92 Å². The Morgan fingerprint density at radius 1 is 1.50 bits per heavy atom. The van der Waals surface area contributed by atoms with Gasteiger partial charge in [-0.05, 0) is 19.3 Å². The average molecular weight is 197 g/mol. The number of amides is 1. The first kappa shape index (κ1) is 9.49. The van der Waals surface area contributed by atoms with Crippen molar-refractivity contribution in [2.24, 2.45) is 11.8 Å². The molecule has 0 aliphatic carbocycles. The zero-order valence-electron chi connectivity index (χ0n) is 8.66. The van der Waals surface area contributed by atoms with Crippen LogP contribution in [-0.2, 0) is 14.3 Å². The molecule has 2 saturated heterocycles. The van der Waals surface area contributed by atoms with Crippen LogP contribution >= 0.6 is 0 Å². The molecule has 0 aromatic carbocycles. The second kappa shape index (κ2) is 2.72. The summed E-state index contributed by atoms with van der Waals surface area (Å²) in [7, 11) is 0. The molecule has 0 radical (unpaired) electrons. The van der Waals surface area contributed by atoms with Gasteiger partial charge in [-0.3, -0.25) is 4.79 Å². The van der Waals surface area contributed by atoms with E-state index in [9.17, 15) is 9.59 Å². The number of fused-ring (bicyclic) bond motifs is 1. The Morgan fingerprint density at radius 3 is 2.57 bits per heavy atom. The molecule has 0 saturated carbocycles. The van der Waals surface area contributed by atoms with Crippen LogP contribution < -0.4 is 5.32 Å². The van der Waals surface area contributed by atoms with Crippen molar-refractivity contribution in [1.29, 1.82) is 0 Å². The van der Waals surface area contributed by atoms with E-state index in [2.05, 4.69) is 5.32 Å². The quantitative estimate of drug-likeness (QED) is 0.654. The molecule has 2 heterocycles. The summed E-state index contributed by atoms with van der Waals surface area (Å²) < 4.78 is 5.03. The lowest BCUT2D eigenvalue weighted by atomic mass is 9.79. The van der Waals surface area contributed by atoms with Crippen molar-refractivity contribution in [3.05, 3.63) is 0 Å². The minimum absolute atomic E-state index is 0.0681. The molecule has 2 fully saturated rings. The molecule has 2 aliphatic heterocycles. The predicted molar refractivity (Wildman–Crippen MR) is 49.4 cm³/mol. The maximum atomic E-state index is 11.4. The van der Waals surface area contributed by atoms with Crippen LogP contribution in [0.5, 0.6) is 0 Å². The lowest BCUT2D eigenvalue weighted by molar-refractivity contribution is -0.193. The number of carbonyl (C=O) groups excluding carboxylic acids is 2. The molecule has 1 amide bonds. The van der Waals surface area contributed by atoms with Crippen molar-refractivity contribution in [3.8, 4) is 0 Å². The van der Waals surface area contributed by atoms with Crippen molar-refractivity contribution >= 4 is 11.9 Å². The Morgan fingerprint density at radius 2 is 2.14 bits per heavy atom. The molecule has 0 spiro atoms. The van der Waals surface area contributed by atoms with Crippen LogP contribution in [0, 0.1) is 11.8 Å². The van der Waals surface area contributed by atoms with Gasteiger partial charge in [0.15, 0.2) is 5.54 Å².